The Morgan fingerprint density at radius 1 is 1.38 bits per heavy atom. The van der Waals surface area contributed by atoms with Gasteiger partial charge in [-0.25, -0.2) is 4.39 Å². The van der Waals surface area contributed by atoms with Gasteiger partial charge in [0.25, 0.3) is 0 Å². The predicted octanol–water partition coefficient (Wildman–Crippen LogP) is 3.05. The zero-order valence-corrected chi connectivity index (χ0v) is 11.6. The van der Waals surface area contributed by atoms with Gasteiger partial charge >= 0.3 is 5.69 Å². The van der Waals surface area contributed by atoms with Crippen LogP contribution in [0, 0.1) is 15.9 Å². The first-order chi connectivity index (χ1) is 10.2. The van der Waals surface area contributed by atoms with Crippen molar-refractivity contribution in [2.75, 3.05) is 19.8 Å². The van der Waals surface area contributed by atoms with Gasteiger partial charge in [-0.05, 0) is 25.3 Å². The Morgan fingerprint density at radius 3 is 2.95 bits per heavy atom. The highest BCUT2D eigenvalue weighted by Gasteiger charge is 2.16. The molecule has 1 aromatic rings. The van der Waals surface area contributed by atoms with Crippen LogP contribution in [-0.4, -0.2) is 31.0 Å². The molecule has 1 aliphatic heterocycles. The van der Waals surface area contributed by atoms with Gasteiger partial charge in [-0.3, -0.25) is 10.1 Å². The molecule has 6 nitrogen and oxygen atoms in total. The van der Waals surface area contributed by atoms with Crippen LogP contribution in [0.3, 0.4) is 0 Å². The molecule has 0 N–H and O–H groups in total. The lowest BCUT2D eigenvalue weighted by atomic mass is 10.2. The normalized spacial score (nSPS) is 18.4. The SMILES string of the molecule is O=[N+]([O-])c1ccc(F)cc1OCCCOC1CCCCO1. The molecule has 1 heterocycles. The number of benzene rings is 1. The monoisotopic (exact) mass is 299 g/mol. The van der Waals surface area contributed by atoms with Gasteiger partial charge in [-0.1, -0.05) is 0 Å². The number of hydrogen-bond donors (Lipinski definition) is 0. The highest BCUT2D eigenvalue weighted by molar-refractivity contribution is 5.46. The first-order valence-corrected chi connectivity index (χ1v) is 6.97. The van der Waals surface area contributed by atoms with Gasteiger partial charge in [-0.15, -0.1) is 0 Å². The number of halogens is 1. The Morgan fingerprint density at radius 2 is 2.24 bits per heavy atom. The van der Waals surface area contributed by atoms with E-state index in [1.165, 1.54) is 0 Å². The molecule has 0 radical (unpaired) electrons. The van der Waals surface area contributed by atoms with Gasteiger partial charge in [0.15, 0.2) is 12.0 Å². The van der Waals surface area contributed by atoms with E-state index in [1.807, 2.05) is 0 Å². The Balaban J connectivity index is 1.73. The van der Waals surface area contributed by atoms with Crippen LogP contribution in [0.4, 0.5) is 10.1 Å². The van der Waals surface area contributed by atoms with Crippen molar-refractivity contribution >= 4 is 5.69 Å². The van der Waals surface area contributed by atoms with Crippen molar-refractivity contribution in [1.82, 2.24) is 0 Å². The molecule has 1 unspecified atom stereocenters. The molecule has 0 aromatic heterocycles. The number of rotatable bonds is 7. The lowest BCUT2D eigenvalue weighted by molar-refractivity contribution is -0.385. The summed E-state index contributed by atoms with van der Waals surface area (Å²) in [5.74, 6) is -0.628. The third-order valence-electron chi connectivity index (χ3n) is 3.11. The highest BCUT2D eigenvalue weighted by atomic mass is 19.1. The molecule has 1 aliphatic rings. The Kier molecular flexibility index (Phi) is 5.89. The Labute approximate surface area is 122 Å². The maximum absolute atomic E-state index is 13.1. The average Bonchev–Trinajstić information content (AvgIpc) is 2.48. The fourth-order valence-electron chi connectivity index (χ4n) is 2.05. The predicted molar refractivity (Wildman–Crippen MR) is 72.7 cm³/mol. The minimum absolute atomic E-state index is 0.0612. The summed E-state index contributed by atoms with van der Waals surface area (Å²) in [4.78, 5) is 10.2. The molecule has 0 bridgehead atoms. The van der Waals surface area contributed by atoms with Crippen molar-refractivity contribution in [2.45, 2.75) is 32.0 Å². The van der Waals surface area contributed by atoms with Gasteiger partial charge < -0.3 is 14.2 Å². The minimum atomic E-state index is -0.596. The Bertz CT molecular complexity index is 476. The standard InChI is InChI=1S/C14H18FNO5/c15-11-5-6-12(16(17)18)13(10-11)19-8-3-9-21-14-4-1-2-7-20-14/h5-6,10,14H,1-4,7-9H2. The van der Waals surface area contributed by atoms with Gasteiger partial charge in [0, 0.05) is 25.2 Å². The van der Waals surface area contributed by atoms with E-state index in [0.717, 1.165) is 44.1 Å². The topological polar surface area (TPSA) is 70.8 Å². The molecule has 1 saturated heterocycles. The molecule has 7 heteroatoms. The van der Waals surface area contributed by atoms with Crippen LogP contribution < -0.4 is 4.74 Å². The van der Waals surface area contributed by atoms with E-state index in [4.69, 9.17) is 14.2 Å². The maximum Gasteiger partial charge on any atom is 0.311 e. The molecule has 0 aliphatic carbocycles. The van der Waals surface area contributed by atoms with E-state index in [0.29, 0.717) is 13.0 Å². The maximum atomic E-state index is 13.1. The van der Waals surface area contributed by atoms with Crippen molar-refractivity contribution in [1.29, 1.82) is 0 Å². The molecule has 21 heavy (non-hydrogen) atoms. The number of nitro groups is 1. The van der Waals surface area contributed by atoms with Crippen molar-refractivity contribution in [3.05, 3.63) is 34.1 Å². The second-order valence-electron chi connectivity index (χ2n) is 4.74. The zero-order chi connectivity index (χ0) is 15.1. The number of ether oxygens (including phenoxy) is 3. The molecule has 0 amide bonds. The van der Waals surface area contributed by atoms with Crippen LogP contribution in [0.2, 0.25) is 0 Å². The van der Waals surface area contributed by atoms with E-state index < -0.39 is 10.7 Å². The Hall–Kier alpha value is -1.73. The molecule has 116 valence electrons. The van der Waals surface area contributed by atoms with E-state index in [9.17, 15) is 14.5 Å². The summed E-state index contributed by atoms with van der Waals surface area (Å²) in [5.41, 5.74) is -0.243. The molecule has 1 aromatic carbocycles. The second-order valence-corrected chi connectivity index (χ2v) is 4.74. The largest absolute Gasteiger partial charge is 0.487 e. The smallest absolute Gasteiger partial charge is 0.311 e. The summed E-state index contributed by atoms with van der Waals surface area (Å²) in [6.07, 6.45) is 3.43. The third kappa shape index (κ3) is 4.95. The van der Waals surface area contributed by atoms with Crippen LogP contribution >= 0.6 is 0 Å². The van der Waals surface area contributed by atoms with Gasteiger partial charge in [0.2, 0.25) is 0 Å². The first-order valence-electron chi connectivity index (χ1n) is 6.97. The number of hydrogen-bond acceptors (Lipinski definition) is 5. The lowest BCUT2D eigenvalue weighted by Gasteiger charge is -2.22. The fourth-order valence-corrected chi connectivity index (χ4v) is 2.05. The third-order valence-corrected chi connectivity index (χ3v) is 3.11. The molecule has 0 saturated carbocycles. The van der Waals surface area contributed by atoms with E-state index >= 15 is 0 Å². The lowest BCUT2D eigenvalue weighted by Crippen LogP contribution is -2.23. The second kappa shape index (κ2) is 7.90. The summed E-state index contributed by atoms with van der Waals surface area (Å²) in [5, 5.41) is 10.8. The average molecular weight is 299 g/mol. The molecule has 1 fully saturated rings. The van der Waals surface area contributed by atoms with E-state index in [-0.39, 0.29) is 24.3 Å². The quantitative estimate of drug-likeness (QED) is 0.439. The van der Waals surface area contributed by atoms with Gasteiger partial charge in [0.05, 0.1) is 18.1 Å². The van der Waals surface area contributed by atoms with Crippen LogP contribution in [0.15, 0.2) is 18.2 Å². The van der Waals surface area contributed by atoms with E-state index in [1.54, 1.807) is 0 Å². The van der Waals surface area contributed by atoms with Crippen molar-refractivity contribution in [3.8, 4) is 5.75 Å². The zero-order valence-electron chi connectivity index (χ0n) is 11.6. The molecule has 2 rings (SSSR count). The van der Waals surface area contributed by atoms with Crippen molar-refractivity contribution < 1.29 is 23.5 Å². The first kappa shape index (κ1) is 15.7. The molecular formula is C14H18FNO5. The van der Waals surface area contributed by atoms with Crippen LogP contribution in [0.1, 0.15) is 25.7 Å². The van der Waals surface area contributed by atoms with Crippen LogP contribution in [-0.2, 0) is 9.47 Å². The molecular weight excluding hydrogens is 281 g/mol. The molecule has 1 atom stereocenters. The van der Waals surface area contributed by atoms with Crippen LogP contribution in [0.25, 0.3) is 0 Å². The minimum Gasteiger partial charge on any atom is -0.487 e. The van der Waals surface area contributed by atoms with Gasteiger partial charge in [0.1, 0.15) is 5.82 Å². The summed E-state index contributed by atoms with van der Waals surface area (Å²) < 4.78 is 29.3. The fraction of sp³-hybridized carbons (Fsp3) is 0.571. The number of nitrogens with zero attached hydrogens (tertiary/aromatic N) is 1. The summed E-state index contributed by atoms with van der Waals surface area (Å²) in [6, 6.07) is 3.15. The number of nitro benzene ring substituents is 1. The summed E-state index contributed by atoms with van der Waals surface area (Å²) >= 11 is 0. The van der Waals surface area contributed by atoms with Crippen LogP contribution in [0.5, 0.6) is 5.75 Å². The summed E-state index contributed by atoms with van der Waals surface area (Å²) in [7, 11) is 0. The highest BCUT2D eigenvalue weighted by Crippen LogP contribution is 2.27. The van der Waals surface area contributed by atoms with Crippen molar-refractivity contribution in [2.24, 2.45) is 0 Å². The van der Waals surface area contributed by atoms with Crippen molar-refractivity contribution in [3.63, 3.8) is 0 Å². The molecule has 0 spiro atoms. The summed E-state index contributed by atoms with van der Waals surface area (Å²) in [6.45, 7) is 1.38. The van der Waals surface area contributed by atoms with E-state index in [2.05, 4.69) is 0 Å². The van der Waals surface area contributed by atoms with Gasteiger partial charge in [-0.2, -0.15) is 0 Å².